The number of ketones is 1. The third-order valence-electron chi connectivity index (χ3n) is 7.16. The maximum absolute atomic E-state index is 11.7. The van der Waals surface area contributed by atoms with E-state index in [1.165, 1.54) is 11.1 Å². The SMILES string of the molecule is Cc1nc(N2C[C@@H]3C[C@H]2CO3)cc(-n2ncc3cc(C)c(C4CCC(=O)CC4)cc32)n1. The quantitative estimate of drug-likeness (QED) is 0.648. The van der Waals surface area contributed by atoms with Crippen molar-refractivity contribution in [2.45, 2.75) is 64.0 Å². The normalized spacial score (nSPS) is 23.9. The van der Waals surface area contributed by atoms with Gasteiger partial charge in [0.1, 0.15) is 17.4 Å². The number of rotatable bonds is 3. The van der Waals surface area contributed by atoms with Gasteiger partial charge in [-0.2, -0.15) is 5.10 Å². The fraction of sp³-hybridized carbons (Fsp3) is 0.500. The van der Waals surface area contributed by atoms with Crippen LogP contribution in [-0.2, 0) is 9.53 Å². The van der Waals surface area contributed by atoms with E-state index < -0.39 is 0 Å². The average molecular weight is 418 g/mol. The molecule has 2 saturated heterocycles. The van der Waals surface area contributed by atoms with Crippen LogP contribution in [0.2, 0.25) is 0 Å². The van der Waals surface area contributed by atoms with Gasteiger partial charge in [-0.1, -0.05) is 0 Å². The number of ether oxygens (including phenoxy) is 1. The van der Waals surface area contributed by atoms with Crippen molar-refractivity contribution < 1.29 is 9.53 Å². The highest BCUT2D eigenvalue weighted by atomic mass is 16.5. The first kappa shape index (κ1) is 18.9. The zero-order chi connectivity index (χ0) is 21.1. The molecule has 2 bridgehead atoms. The minimum absolute atomic E-state index is 0.321. The van der Waals surface area contributed by atoms with E-state index in [4.69, 9.17) is 19.8 Å². The first-order valence-corrected chi connectivity index (χ1v) is 11.3. The topological polar surface area (TPSA) is 73.1 Å². The number of fused-ring (bicyclic) bond motifs is 3. The fourth-order valence-corrected chi connectivity index (χ4v) is 5.55. The Morgan fingerprint density at radius 1 is 1.06 bits per heavy atom. The molecular weight excluding hydrogens is 390 g/mol. The van der Waals surface area contributed by atoms with Crippen molar-refractivity contribution in [2.75, 3.05) is 18.1 Å². The Hall–Kier alpha value is -2.80. The molecule has 3 fully saturated rings. The molecule has 2 aromatic heterocycles. The molecule has 7 heteroatoms. The van der Waals surface area contributed by atoms with Gasteiger partial charge in [-0.3, -0.25) is 4.79 Å². The van der Waals surface area contributed by atoms with Crippen molar-refractivity contribution in [1.82, 2.24) is 19.7 Å². The van der Waals surface area contributed by atoms with E-state index in [1.54, 1.807) is 0 Å². The molecule has 2 aliphatic heterocycles. The third kappa shape index (κ3) is 3.22. The molecule has 2 atom stereocenters. The van der Waals surface area contributed by atoms with Gasteiger partial charge >= 0.3 is 0 Å². The lowest BCUT2D eigenvalue weighted by Gasteiger charge is -2.28. The van der Waals surface area contributed by atoms with Crippen LogP contribution in [-0.4, -0.2) is 50.8 Å². The minimum atomic E-state index is 0.321. The zero-order valence-corrected chi connectivity index (χ0v) is 18.0. The van der Waals surface area contributed by atoms with Crippen LogP contribution < -0.4 is 4.90 Å². The van der Waals surface area contributed by atoms with Crippen LogP contribution in [0.3, 0.4) is 0 Å². The molecule has 7 nitrogen and oxygen atoms in total. The molecule has 3 aromatic rings. The summed E-state index contributed by atoms with van der Waals surface area (Å²) in [6.07, 6.45) is 6.58. The highest BCUT2D eigenvalue weighted by Gasteiger charge is 2.39. The largest absolute Gasteiger partial charge is 0.374 e. The van der Waals surface area contributed by atoms with Crippen molar-refractivity contribution in [1.29, 1.82) is 0 Å². The number of carbonyl (C=O) groups is 1. The van der Waals surface area contributed by atoms with Gasteiger partial charge < -0.3 is 9.64 Å². The molecule has 1 saturated carbocycles. The maximum atomic E-state index is 11.7. The van der Waals surface area contributed by atoms with E-state index >= 15 is 0 Å². The van der Waals surface area contributed by atoms with Crippen molar-refractivity contribution in [3.63, 3.8) is 0 Å². The standard InChI is InChI=1S/C24H27N5O2/c1-14-7-17-11-25-29(22(17)9-21(14)16-3-5-19(30)6-4-16)24-10-23(26-15(2)27-24)28-12-20-8-18(28)13-31-20/h7,9-11,16,18,20H,3-6,8,12-13H2,1-2H3/t18-,20-/m0/s1. The number of hydrogen-bond acceptors (Lipinski definition) is 6. The second kappa shape index (κ2) is 7.12. The molecule has 31 heavy (non-hydrogen) atoms. The van der Waals surface area contributed by atoms with Crippen LogP contribution in [0.15, 0.2) is 24.4 Å². The van der Waals surface area contributed by atoms with Crippen LogP contribution in [0.5, 0.6) is 0 Å². The third-order valence-corrected chi connectivity index (χ3v) is 7.16. The minimum Gasteiger partial charge on any atom is -0.374 e. The molecular formula is C24H27N5O2. The number of hydrogen-bond donors (Lipinski definition) is 0. The Kier molecular flexibility index (Phi) is 4.35. The fourth-order valence-electron chi connectivity index (χ4n) is 5.55. The van der Waals surface area contributed by atoms with Crippen molar-refractivity contribution in [2.24, 2.45) is 0 Å². The summed E-state index contributed by atoms with van der Waals surface area (Å²) in [5.41, 5.74) is 3.67. The van der Waals surface area contributed by atoms with Crippen LogP contribution in [0.4, 0.5) is 5.82 Å². The number of aryl methyl sites for hydroxylation is 2. The molecule has 0 amide bonds. The van der Waals surface area contributed by atoms with Crippen molar-refractivity contribution in [3.8, 4) is 5.82 Å². The lowest BCUT2D eigenvalue weighted by Crippen LogP contribution is -2.37. The number of benzene rings is 1. The Balaban J connectivity index is 1.40. The zero-order valence-electron chi connectivity index (χ0n) is 18.0. The van der Waals surface area contributed by atoms with Gasteiger partial charge in [-0.15, -0.1) is 0 Å². The van der Waals surface area contributed by atoms with E-state index in [9.17, 15) is 4.79 Å². The number of nitrogens with zero attached hydrogens (tertiary/aromatic N) is 5. The van der Waals surface area contributed by atoms with Crippen LogP contribution in [0.1, 0.15) is 55.0 Å². The molecule has 6 rings (SSSR count). The van der Waals surface area contributed by atoms with Gasteiger partial charge in [-0.25, -0.2) is 14.6 Å². The molecule has 0 unspecified atom stereocenters. The molecule has 3 aliphatic rings. The molecule has 160 valence electrons. The molecule has 0 radical (unpaired) electrons. The first-order chi connectivity index (χ1) is 15.0. The lowest BCUT2D eigenvalue weighted by atomic mass is 9.81. The predicted molar refractivity (Wildman–Crippen MR) is 118 cm³/mol. The van der Waals surface area contributed by atoms with Gasteiger partial charge in [0.25, 0.3) is 0 Å². The highest BCUT2D eigenvalue weighted by Crippen LogP contribution is 2.36. The summed E-state index contributed by atoms with van der Waals surface area (Å²) < 4.78 is 7.70. The number of anilines is 1. The second-order valence-electron chi connectivity index (χ2n) is 9.27. The van der Waals surface area contributed by atoms with Gasteiger partial charge in [0.15, 0.2) is 5.82 Å². The monoisotopic (exact) mass is 417 g/mol. The average Bonchev–Trinajstić information content (AvgIpc) is 3.49. The van der Waals surface area contributed by atoms with Crippen LogP contribution in [0, 0.1) is 13.8 Å². The van der Waals surface area contributed by atoms with Gasteiger partial charge in [0, 0.05) is 30.8 Å². The summed E-state index contributed by atoms with van der Waals surface area (Å²) >= 11 is 0. The first-order valence-electron chi connectivity index (χ1n) is 11.3. The molecule has 4 heterocycles. The molecule has 0 spiro atoms. The van der Waals surface area contributed by atoms with E-state index in [0.29, 0.717) is 36.7 Å². The summed E-state index contributed by atoms with van der Waals surface area (Å²) in [7, 11) is 0. The Bertz CT molecular complexity index is 1180. The summed E-state index contributed by atoms with van der Waals surface area (Å²) in [5, 5.41) is 5.80. The summed E-state index contributed by atoms with van der Waals surface area (Å²) in [5.74, 6) is 3.34. The van der Waals surface area contributed by atoms with Crippen LogP contribution in [0.25, 0.3) is 16.7 Å². The van der Waals surface area contributed by atoms with E-state index in [1.807, 2.05) is 17.8 Å². The van der Waals surface area contributed by atoms with E-state index in [0.717, 1.165) is 60.8 Å². The Labute approximate surface area is 181 Å². The maximum Gasteiger partial charge on any atom is 0.159 e. The molecule has 0 N–H and O–H groups in total. The number of carbonyl (C=O) groups excluding carboxylic acids is 1. The van der Waals surface area contributed by atoms with E-state index in [2.05, 4.69) is 30.0 Å². The Morgan fingerprint density at radius 2 is 1.87 bits per heavy atom. The number of Topliss-reactive ketones (excluding diaryl/α,β-unsaturated/α-hetero) is 1. The smallest absolute Gasteiger partial charge is 0.159 e. The molecule has 1 aromatic carbocycles. The van der Waals surface area contributed by atoms with E-state index in [-0.39, 0.29) is 0 Å². The van der Waals surface area contributed by atoms with Crippen LogP contribution >= 0.6 is 0 Å². The van der Waals surface area contributed by atoms with Crippen molar-refractivity contribution >= 4 is 22.5 Å². The number of morpholine rings is 1. The van der Waals surface area contributed by atoms with Crippen molar-refractivity contribution in [3.05, 3.63) is 41.3 Å². The summed E-state index contributed by atoms with van der Waals surface area (Å²) in [6.45, 7) is 5.78. The summed E-state index contributed by atoms with van der Waals surface area (Å²) in [4.78, 5) is 23.5. The van der Waals surface area contributed by atoms with Gasteiger partial charge in [-0.05, 0) is 62.3 Å². The lowest BCUT2D eigenvalue weighted by molar-refractivity contribution is -0.120. The predicted octanol–water partition coefficient (Wildman–Crippen LogP) is 3.64. The van der Waals surface area contributed by atoms with Gasteiger partial charge in [0.05, 0.1) is 30.5 Å². The van der Waals surface area contributed by atoms with Gasteiger partial charge in [0.2, 0.25) is 0 Å². The number of aromatic nitrogens is 4. The highest BCUT2D eigenvalue weighted by molar-refractivity contribution is 5.83. The molecule has 1 aliphatic carbocycles. The second-order valence-corrected chi connectivity index (χ2v) is 9.27. The summed E-state index contributed by atoms with van der Waals surface area (Å²) in [6, 6.07) is 6.95. The Morgan fingerprint density at radius 3 is 2.61 bits per heavy atom.